The van der Waals surface area contributed by atoms with Gasteiger partial charge in [-0.1, -0.05) is 18.2 Å². The van der Waals surface area contributed by atoms with Crippen molar-refractivity contribution in [2.45, 2.75) is 25.3 Å². The number of nitriles is 1. The Morgan fingerprint density at radius 2 is 2.12 bits per heavy atom. The molecule has 25 heavy (non-hydrogen) atoms. The average Bonchev–Trinajstić information content (AvgIpc) is 3.28. The summed E-state index contributed by atoms with van der Waals surface area (Å²) in [5, 5.41) is 12.3. The zero-order valence-electron chi connectivity index (χ0n) is 13.6. The number of sulfone groups is 1. The first-order chi connectivity index (χ1) is 12.0. The van der Waals surface area contributed by atoms with Crippen molar-refractivity contribution in [2.75, 3.05) is 11.5 Å². The van der Waals surface area contributed by atoms with Crippen molar-refractivity contribution in [1.82, 2.24) is 5.32 Å². The van der Waals surface area contributed by atoms with Gasteiger partial charge in [0.2, 0.25) is 5.91 Å². The van der Waals surface area contributed by atoms with Gasteiger partial charge in [-0.05, 0) is 31.1 Å². The number of para-hydroxylation sites is 1. The molecule has 1 amide bonds. The Balaban J connectivity index is 1.89. The number of furan rings is 1. The van der Waals surface area contributed by atoms with E-state index in [0.29, 0.717) is 11.3 Å². The summed E-state index contributed by atoms with van der Waals surface area (Å²) in [7, 11) is -3.55. The maximum atomic E-state index is 12.4. The van der Waals surface area contributed by atoms with E-state index >= 15 is 0 Å². The first-order valence-corrected chi connectivity index (χ1v) is 9.86. The van der Waals surface area contributed by atoms with Crippen LogP contribution in [-0.4, -0.2) is 31.9 Å². The van der Waals surface area contributed by atoms with Crippen molar-refractivity contribution in [3.8, 4) is 6.07 Å². The fraction of sp³-hybridized carbons (Fsp3) is 0.333. The molecule has 0 atom stereocenters. The fourth-order valence-electron chi connectivity index (χ4n) is 2.43. The number of rotatable bonds is 7. The van der Waals surface area contributed by atoms with Gasteiger partial charge in [0.15, 0.2) is 9.84 Å². The third-order valence-corrected chi connectivity index (χ3v) is 5.44. The van der Waals surface area contributed by atoms with Gasteiger partial charge in [0.1, 0.15) is 11.3 Å². The number of benzene rings is 1. The second-order valence-electron chi connectivity index (χ2n) is 6.10. The van der Waals surface area contributed by atoms with Gasteiger partial charge in [0.25, 0.3) is 0 Å². The van der Waals surface area contributed by atoms with Crippen molar-refractivity contribution in [3.63, 3.8) is 0 Å². The topological polar surface area (TPSA) is 100 Å². The fourth-order valence-corrected chi connectivity index (χ4v) is 3.67. The number of nitrogens with one attached hydrogen (secondary N) is 1. The molecule has 0 bridgehead atoms. The lowest BCUT2D eigenvalue weighted by atomic mass is 10.2. The van der Waals surface area contributed by atoms with E-state index < -0.39 is 21.5 Å². The minimum absolute atomic E-state index is 0.0928. The van der Waals surface area contributed by atoms with Gasteiger partial charge in [-0.15, -0.1) is 0 Å². The minimum Gasteiger partial charge on any atom is -0.457 e. The van der Waals surface area contributed by atoms with Crippen LogP contribution in [0.4, 0.5) is 0 Å². The Morgan fingerprint density at radius 3 is 2.80 bits per heavy atom. The molecule has 1 heterocycles. The van der Waals surface area contributed by atoms with Gasteiger partial charge in [-0.3, -0.25) is 4.79 Å². The van der Waals surface area contributed by atoms with E-state index in [9.17, 15) is 13.2 Å². The van der Waals surface area contributed by atoms with Crippen LogP contribution in [0.15, 0.2) is 40.3 Å². The smallest absolute Gasteiger partial charge is 0.248 e. The number of carbonyl (C=O) groups is 1. The highest BCUT2D eigenvalue weighted by atomic mass is 32.2. The Morgan fingerprint density at radius 1 is 1.36 bits per heavy atom. The Hall–Kier alpha value is -2.59. The van der Waals surface area contributed by atoms with Crippen LogP contribution in [0.25, 0.3) is 17.0 Å². The second-order valence-corrected chi connectivity index (χ2v) is 8.29. The van der Waals surface area contributed by atoms with Crippen molar-refractivity contribution >= 4 is 32.8 Å². The van der Waals surface area contributed by atoms with E-state index in [0.717, 1.165) is 18.2 Å². The number of amides is 1. The molecular formula is C18H18N2O4S. The Kier molecular flexibility index (Phi) is 4.91. The molecule has 1 aromatic heterocycles. The van der Waals surface area contributed by atoms with Crippen LogP contribution < -0.4 is 5.32 Å². The Bertz CT molecular complexity index is 929. The van der Waals surface area contributed by atoms with Gasteiger partial charge < -0.3 is 9.73 Å². The van der Waals surface area contributed by atoms with Crippen LogP contribution in [0.2, 0.25) is 0 Å². The molecular weight excluding hydrogens is 340 g/mol. The van der Waals surface area contributed by atoms with Crippen LogP contribution in [0.1, 0.15) is 25.0 Å². The summed E-state index contributed by atoms with van der Waals surface area (Å²) in [5.41, 5.74) is 0.798. The first kappa shape index (κ1) is 17.2. The van der Waals surface area contributed by atoms with E-state index in [2.05, 4.69) is 5.32 Å². The van der Waals surface area contributed by atoms with E-state index in [1.165, 1.54) is 6.08 Å². The highest BCUT2D eigenvalue weighted by molar-refractivity contribution is 7.91. The highest BCUT2D eigenvalue weighted by Crippen LogP contribution is 2.23. The summed E-state index contributed by atoms with van der Waals surface area (Å²) in [6.07, 6.45) is 3.20. The van der Waals surface area contributed by atoms with Gasteiger partial charge in [0.05, 0.1) is 17.6 Å². The molecule has 130 valence electrons. The minimum atomic E-state index is -3.55. The van der Waals surface area contributed by atoms with E-state index in [1.807, 2.05) is 24.3 Å². The zero-order chi connectivity index (χ0) is 17.9. The average molecular weight is 358 g/mol. The molecule has 1 aromatic carbocycles. The van der Waals surface area contributed by atoms with Crippen molar-refractivity contribution in [1.29, 1.82) is 5.26 Å². The lowest BCUT2D eigenvalue weighted by Crippen LogP contribution is -2.30. The predicted octanol–water partition coefficient (Wildman–Crippen LogP) is 2.42. The molecule has 0 aliphatic heterocycles. The maximum Gasteiger partial charge on any atom is 0.248 e. The highest BCUT2D eigenvalue weighted by Gasteiger charge is 2.27. The molecule has 1 saturated carbocycles. The van der Waals surface area contributed by atoms with Crippen LogP contribution in [0.5, 0.6) is 0 Å². The molecule has 0 radical (unpaired) electrons. The summed E-state index contributed by atoms with van der Waals surface area (Å²) in [6, 6.07) is 11.1. The molecule has 1 aliphatic carbocycles. The molecule has 3 rings (SSSR count). The van der Waals surface area contributed by atoms with Gasteiger partial charge in [-0.25, -0.2) is 8.42 Å². The summed E-state index contributed by atoms with van der Waals surface area (Å²) < 4.78 is 30.0. The van der Waals surface area contributed by atoms with Gasteiger partial charge in [0, 0.05) is 23.4 Å². The third-order valence-electron chi connectivity index (χ3n) is 3.87. The summed E-state index contributed by atoms with van der Waals surface area (Å²) in [6.45, 7) is 0. The third kappa shape index (κ3) is 4.70. The van der Waals surface area contributed by atoms with Gasteiger partial charge >= 0.3 is 0 Å². The summed E-state index contributed by atoms with van der Waals surface area (Å²) in [5.74, 6) is -0.650. The molecule has 0 unspecified atom stereocenters. The van der Waals surface area contributed by atoms with Crippen molar-refractivity contribution in [2.24, 2.45) is 0 Å². The summed E-state index contributed by atoms with van der Waals surface area (Å²) >= 11 is 0. The standard InChI is InChI=1S/C18H18N2O4S/c19-8-3-9-25(22,23)12-14(18(21)20-15-6-7-15)11-16-10-13-4-1-2-5-17(13)24-16/h1-2,4-5,10-11,15H,3,6-7,9,12H2,(H,20,21)/b14-11+. The molecule has 2 aromatic rings. The SMILES string of the molecule is N#CCCS(=O)(=O)C/C(=C\c1cc2ccccc2o1)C(=O)NC1CC1. The summed E-state index contributed by atoms with van der Waals surface area (Å²) in [4.78, 5) is 12.4. The van der Waals surface area contributed by atoms with Crippen molar-refractivity contribution < 1.29 is 17.6 Å². The molecule has 1 aliphatic rings. The molecule has 6 nitrogen and oxygen atoms in total. The number of hydrogen-bond donors (Lipinski definition) is 1. The molecule has 0 saturated heterocycles. The molecule has 0 spiro atoms. The lowest BCUT2D eigenvalue weighted by Gasteiger charge is -2.08. The molecule has 1 N–H and O–H groups in total. The quantitative estimate of drug-likeness (QED) is 0.766. The predicted molar refractivity (Wildman–Crippen MR) is 94.2 cm³/mol. The largest absolute Gasteiger partial charge is 0.457 e. The number of carbonyl (C=O) groups excluding carboxylic acids is 1. The lowest BCUT2D eigenvalue weighted by molar-refractivity contribution is -0.117. The number of fused-ring (bicyclic) bond motifs is 1. The van der Waals surface area contributed by atoms with E-state index in [4.69, 9.17) is 9.68 Å². The Labute approximate surface area is 146 Å². The van der Waals surface area contributed by atoms with E-state index in [-0.39, 0.29) is 23.8 Å². The second kappa shape index (κ2) is 7.11. The molecule has 1 fully saturated rings. The monoisotopic (exact) mass is 358 g/mol. The first-order valence-electron chi connectivity index (χ1n) is 8.04. The normalized spacial score (nSPS) is 15.1. The van der Waals surface area contributed by atoms with Crippen LogP contribution in [-0.2, 0) is 14.6 Å². The van der Waals surface area contributed by atoms with Crippen LogP contribution in [0, 0.1) is 11.3 Å². The molecule has 7 heteroatoms. The zero-order valence-corrected chi connectivity index (χ0v) is 14.4. The van der Waals surface area contributed by atoms with E-state index in [1.54, 1.807) is 12.1 Å². The van der Waals surface area contributed by atoms with Crippen LogP contribution in [0.3, 0.4) is 0 Å². The van der Waals surface area contributed by atoms with Gasteiger partial charge in [-0.2, -0.15) is 5.26 Å². The van der Waals surface area contributed by atoms with Crippen LogP contribution >= 0.6 is 0 Å². The number of nitrogens with zero attached hydrogens (tertiary/aromatic N) is 1. The number of hydrogen-bond acceptors (Lipinski definition) is 5. The maximum absolute atomic E-state index is 12.4. The van der Waals surface area contributed by atoms with Crippen molar-refractivity contribution in [3.05, 3.63) is 41.7 Å².